The molecule has 0 aromatic carbocycles. The van der Waals surface area contributed by atoms with Gasteiger partial charge in [-0.05, 0) is 39.0 Å². The van der Waals surface area contributed by atoms with Gasteiger partial charge in [-0.1, -0.05) is 172 Å². The Morgan fingerprint density at radius 1 is 0.660 bits per heavy atom. The smallest absolute Gasteiger partial charge is 0.220 e. The van der Waals surface area contributed by atoms with Gasteiger partial charge in [0.25, 0.3) is 0 Å². The topological polar surface area (TPSA) is 149 Å². The first-order valence-electron chi connectivity index (χ1n) is 21.7. The van der Waals surface area contributed by atoms with E-state index in [4.69, 9.17) is 9.47 Å². The minimum absolute atomic E-state index is 0.193. The number of amides is 1. The SMILES string of the molecule is C/C=C/CC/C=C/CC/C=C/C(O)C(COC1OC(CO)C(O)C(O)C1O)NC(=O)CCCCCCCCCCCCCCCCCCCCCCC. The predicted octanol–water partition coefficient (Wildman–Crippen LogP) is 8.50. The lowest BCUT2D eigenvalue weighted by Gasteiger charge is -2.40. The Balaban J connectivity index is 2.28. The van der Waals surface area contributed by atoms with E-state index in [-0.39, 0.29) is 12.5 Å². The summed E-state index contributed by atoms with van der Waals surface area (Å²) >= 11 is 0. The molecule has 9 nitrogen and oxygen atoms in total. The van der Waals surface area contributed by atoms with Gasteiger partial charge in [-0.25, -0.2) is 0 Å². The number of allylic oxidation sites excluding steroid dienone is 5. The van der Waals surface area contributed by atoms with Gasteiger partial charge in [0.1, 0.15) is 24.4 Å². The van der Waals surface area contributed by atoms with Crippen LogP contribution in [0.2, 0.25) is 0 Å². The van der Waals surface area contributed by atoms with Gasteiger partial charge in [-0.3, -0.25) is 4.79 Å². The average Bonchev–Trinajstić information content (AvgIpc) is 3.16. The number of hydrogen-bond donors (Lipinski definition) is 6. The highest BCUT2D eigenvalue weighted by molar-refractivity contribution is 5.76. The number of ether oxygens (including phenoxy) is 2. The normalized spacial score (nSPS) is 22.0. The molecule has 1 amide bonds. The van der Waals surface area contributed by atoms with E-state index >= 15 is 0 Å². The van der Waals surface area contributed by atoms with E-state index in [0.29, 0.717) is 6.42 Å². The number of unbranched alkanes of at least 4 members (excludes halogenated alkanes) is 22. The highest BCUT2D eigenvalue weighted by Gasteiger charge is 2.44. The van der Waals surface area contributed by atoms with Crippen molar-refractivity contribution in [2.24, 2.45) is 0 Å². The molecule has 1 saturated heterocycles. The third-order valence-electron chi connectivity index (χ3n) is 10.3. The van der Waals surface area contributed by atoms with Crippen LogP contribution in [0.3, 0.4) is 0 Å². The molecule has 0 aromatic rings. The van der Waals surface area contributed by atoms with E-state index < -0.39 is 49.5 Å². The van der Waals surface area contributed by atoms with Gasteiger partial charge in [0.2, 0.25) is 5.91 Å². The molecule has 7 unspecified atom stereocenters. The van der Waals surface area contributed by atoms with Gasteiger partial charge in [-0.2, -0.15) is 0 Å². The van der Waals surface area contributed by atoms with Crippen LogP contribution in [-0.2, 0) is 14.3 Å². The Bertz CT molecular complexity index is 925. The molecule has 1 aliphatic rings. The predicted molar refractivity (Wildman–Crippen MR) is 216 cm³/mol. The monoisotopic (exact) mass is 752 g/mol. The van der Waals surface area contributed by atoms with Gasteiger partial charge in [0.15, 0.2) is 6.29 Å². The number of rotatable bonds is 35. The maximum Gasteiger partial charge on any atom is 0.220 e. The van der Waals surface area contributed by atoms with E-state index in [2.05, 4.69) is 30.5 Å². The van der Waals surface area contributed by atoms with Crippen LogP contribution in [0.1, 0.15) is 181 Å². The van der Waals surface area contributed by atoms with Crippen LogP contribution in [0.15, 0.2) is 36.5 Å². The fraction of sp³-hybridized carbons (Fsp3) is 0.841. The molecule has 0 saturated carbocycles. The van der Waals surface area contributed by atoms with Crippen LogP contribution in [-0.4, -0.2) is 87.5 Å². The number of nitrogens with one attached hydrogen (secondary N) is 1. The first kappa shape index (κ1) is 49.4. The molecule has 1 heterocycles. The Morgan fingerprint density at radius 2 is 1.11 bits per heavy atom. The molecule has 0 bridgehead atoms. The van der Waals surface area contributed by atoms with Gasteiger partial charge < -0.3 is 40.3 Å². The van der Waals surface area contributed by atoms with Gasteiger partial charge in [0, 0.05) is 6.42 Å². The molecule has 310 valence electrons. The molecule has 1 fully saturated rings. The molecular formula is C44H81NO8. The highest BCUT2D eigenvalue weighted by Crippen LogP contribution is 2.22. The number of hydrogen-bond acceptors (Lipinski definition) is 8. The molecule has 1 rings (SSSR count). The van der Waals surface area contributed by atoms with Crippen molar-refractivity contribution in [2.45, 2.75) is 224 Å². The fourth-order valence-electron chi connectivity index (χ4n) is 6.78. The van der Waals surface area contributed by atoms with Crippen LogP contribution < -0.4 is 5.32 Å². The van der Waals surface area contributed by atoms with Crippen molar-refractivity contribution in [3.63, 3.8) is 0 Å². The molecule has 6 N–H and O–H groups in total. The van der Waals surface area contributed by atoms with Crippen LogP contribution in [0.25, 0.3) is 0 Å². The van der Waals surface area contributed by atoms with Gasteiger partial charge >= 0.3 is 0 Å². The molecule has 7 atom stereocenters. The lowest BCUT2D eigenvalue weighted by atomic mass is 9.99. The Labute approximate surface area is 323 Å². The minimum Gasteiger partial charge on any atom is -0.394 e. The number of aliphatic hydroxyl groups excluding tert-OH is 5. The Morgan fingerprint density at radius 3 is 1.58 bits per heavy atom. The second-order valence-corrected chi connectivity index (χ2v) is 15.1. The lowest BCUT2D eigenvalue weighted by Crippen LogP contribution is -2.60. The van der Waals surface area contributed by atoms with Crippen molar-refractivity contribution in [2.75, 3.05) is 13.2 Å². The Hall–Kier alpha value is -1.59. The molecule has 9 heteroatoms. The number of aliphatic hydroxyl groups is 5. The summed E-state index contributed by atoms with van der Waals surface area (Å²) in [5, 5.41) is 53.9. The zero-order chi connectivity index (χ0) is 38.8. The molecule has 0 radical (unpaired) electrons. The standard InChI is InChI=1S/C44H81NO8/c1-3-5-7-9-11-13-14-15-16-17-18-19-20-21-22-23-24-26-28-30-32-34-40(48)45-37(38(47)33-31-29-27-25-12-10-8-6-4-2)36-52-44-43(51)42(50)41(49)39(35-46)53-44/h4,6,12,25,31,33,37-39,41-44,46-47,49-51H,3,5,7-11,13-24,26-30,32,34-36H2,1-2H3,(H,45,48)/b6-4+,25-12+,33-31+. The van der Waals surface area contributed by atoms with E-state index in [9.17, 15) is 30.3 Å². The third-order valence-corrected chi connectivity index (χ3v) is 10.3. The van der Waals surface area contributed by atoms with Crippen molar-refractivity contribution in [3.05, 3.63) is 36.5 Å². The summed E-state index contributed by atoms with van der Waals surface area (Å²) in [6.45, 7) is 3.51. The Kier molecular flexibility index (Phi) is 32.5. The molecular weight excluding hydrogens is 670 g/mol. The first-order chi connectivity index (χ1) is 25.8. The third kappa shape index (κ3) is 26.0. The summed E-state index contributed by atoms with van der Waals surface area (Å²) in [5.74, 6) is -0.193. The van der Waals surface area contributed by atoms with Crippen molar-refractivity contribution < 1.29 is 39.8 Å². The molecule has 53 heavy (non-hydrogen) atoms. The van der Waals surface area contributed by atoms with E-state index in [1.54, 1.807) is 6.08 Å². The maximum atomic E-state index is 12.9. The summed E-state index contributed by atoms with van der Waals surface area (Å²) in [5.41, 5.74) is 0. The summed E-state index contributed by atoms with van der Waals surface area (Å²) in [7, 11) is 0. The van der Waals surface area contributed by atoms with E-state index in [1.807, 2.05) is 19.1 Å². The summed E-state index contributed by atoms with van der Waals surface area (Å²) in [6, 6.07) is -0.822. The van der Waals surface area contributed by atoms with E-state index in [0.717, 1.165) is 44.9 Å². The molecule has 0 aromatic heterocycles. The second-order valence-electron chi connectivity index (χ2n) is 15.1. The molecule has 0 spiro atoms. The van der Waals surface area contributed by atoms with Gasteiger partial charge in [-0.15, -0.1) is 0 Å². The number of carbonyl (C=O) groups is 1. The quantitative estimate of drug-likeness (QED) is 0.0279. The number of carbonyl (C=O) groups excluding carboxylic acids is 1. The summed E-state index contributed by atoms with van der Waals surface area (Å²) < 4.78 is 11.1. The largest absolute Gasteiger partial charge is 0.394 e. The molecule has 1 aliphatic heterocycles. The van der Waals surface area contributed by atoms with Crippen molar-refractivity contribution in [1.82, 2.24) is 5.32 Å². The van der Waals surface area contributed by atoms with Crippen LogP contribution in [0.5, 0.6) is 0 Å². The van der Waals surface area contributed by atoms with Crippen LogP contribution in [0, 0.1) is 0 Å². The second kappa shape index (κ2) is 34.9. The zero-order valence-electron chi connectivity index (χ0n) is 33.8. The lowest BCUT2D eigenvalue weighted by molar-refractivity contribution is -0.302. The molecule has 0 aliphatic carbocycles. The maximum absolute atomic E-state index is 12.9. The minimum atomic E-state index is -1.57. The van der Waals surface area contributed by atoms with Crippen molar-refractivity contribution in [3.8, 4) is 0 Å². The van der Waals surface area contributed by atoms with Crippen molar-refractivity contribution in [1.29, 1.82) is 0 Å². The van der Waals surface area contributed by atoms with Crippen molar-refractivity contribution >= 4 is 5.91 Å². The van der Waals surface area contributed by atoms with Crippen LogP contribution >= 0.6 is 0 Å². The highest BCUT2D eigenvalue weighted by atomic mass is 16.7. The fourth-order valence-corrected chi connectivity index (χ4v) is 6.78. The zero-order valence-corrected chi connectivity index (χ0v) is 33.8. The van der Waals surface area contributed by atoms with E-state index in [1.165, 1.54) is 116 Å². The summed E-state index contributed by atoms with van der Waals surface area (Å²) in [4.78, 5) is 12.9. The average molecular weight is 752 g/mol. The van der Waals surface area contributed by atoms with Gasteiger partial charge in [0.05, 0.1) is 25.4 Å². The van der Waals surface area contributed by atoms with Crippen LogP contribution in [0.4, 0.5) is 0 Å². The first-order valence-corrected chi connectivity index (χ1v) is 21.7. The summed E-state index contributed by atoms with van der Waals surface area (Å²) in [6.07, 6.45) is 35.1.